The summed E-state index contributed by atoms with van der Waals surface area (Å²) < 4.78 is 19.0. The van der Waals surface area contributed by atoms with Gasteiger partial charge in [-0.25, -0.2) is 0 Å². The van der Waals surface area contributed by atoms with Crippen LogP contribution in [0.3, 0.4) is 0 Å². The van der Waals surface area contributed by atoms with E-state index in [0.29, 0.717) is 0 Å². The van der Waals surface area contributed by atoms with E-state index in [4.69, 9.17) is 13.3 Å². The molecule has 13 rings (SSSR count). The number of para-hydroxylation sites is 4. The van der Waals surface area contributed by atoms with E-state index in [9.17, 15) is 0 Å². The van der Waals surface area contributed by atoms with Crippen LogP contribution >= 0.6 is 0 Å². The number of benzene rings is 10. The summed E-state index contributed by atoms with van der Waals surface area (Å²) in [6.45, 7) is 0. The first-order chi connectivity index (χ1) is 30.2. The molecule has 0 aliphatic heterocycles. The Balaban J connectivity index is 0.960. The minimum absolute atomic E-state index is 0.871. The summed E-state index contributed by atoms with van der Waals surface area (Å²) >= 11 is 0. The molecule has 0 aliphatic carbocycles. The normalized spacial score (nSPS) is 11.9. The Bertz CT molecular complexity index is 3590. The largest absolute Gasteiger partial charge is 0.456 e. The van der Waals surface area contributed by atoms with Crippen molar-refractivity contribution in [2.45, 2.75) is 0 Å². The highest BCUT2D eigenvalue weighted by Crippen LogP contribution is 2.45. The van der Waals surface area contributed by atoms with Crippen molar-refractivity contribution in [1.29, 1.82) is 0 Å². The molecule has 13 aromatic rings. The second-order valence-corrected chi connectivity index (χ2v) is 15.7. The second kappa shape index (κ2) is 13.1. The van der Waals surface area contributed by atoms with Crippen molar-refractivity contribution in [2.24, 2.45) is 0 Å². The Morgan fingerprint density at radius 2 is 0.590 bits per heavy atom. The lowest BCUT2D eigenvalue weighted by atomic mass is 9.98. The van der Waals surface area contributed by atoms with E-state index in [2.05, 4.69) is 192 Å². The van der Waals surface area contributed by atoms with Gasteiger partial charge < -0.3 is 23.1 Å². The van der Waals surface area contributed by atoms with E-state index >= 15 is 0 Å². The van der Waals surface area contributed by atoms with Crippen molar-refractivity contribution < 1.29 is 13.3 Å². The van der Waals surface area contributed by atoms with Crippen LogP contribution in [0.25, 0.3) is 87.4 Å². The van der Waals surface area contributed by atoms with Crippen LogP contribution in [-0.2, 0) is 0 Å². The minimum atomic E-state index is 0.871. The standard InChI is InChI=1S/C56H34N2O3/c1-3-11-37(12-4-1)57(41-23-29-51-47(33-41)45-15-7-9-17-49(45)59-51)39-21-25-43-35(31-39)19-27-53-55(43)56-44-26-22-40(32-36(44)20-28-54(56)61-53)58(38-13-5-2-6-14-38)42-24-30-52-48(34-42)46-16-8-10-18-50(46)60-52/h1-34H. The highest BCUT2D eigenvalue weighted by molar-refractivity contribution is 6.27. The first-order valence-electron chi connectivity index (χ1n) is 20.6. The van der Waals surface area contributed by atoms with Crippen molar-refractivity contribution in [2.75, 3.05) is 9.80 Å². The molecule has 10 aromatic carbocycles. The molecule has 61 heavy (non-hydrogen) atoms. The van der Waals surface area contributed by atoms with Gasteiger partial charge in [0.25, 0.3) is 0 Å². The summed E-state index contributed by atoms with van der Waals surface area (Å²) in [5, 5.41) is 11.2. The molecular weight excluding hydrogens is 749 g/mol. The van der Waals surface area contributed by atoms with Gasteiger partial charge in [0.05, 0.1) is 0 Å². The van der Waals surface area contributed by atoms with Crippen molar-refractivity contribution in [1.82, 2.24) is 0 Å². The zero-order valence-electron chi connectivity index (χ0n) is 32.7. The molecule has 5 nitrogen and oxygen atoms in total. The van der Waals surface area contributed by atoms with Gasteiger partial charge in [-0.05, 0) is 131 Å². The second-order valence-electron chi connectivity index (χ2n) is 15.7. The molecule has 0 saturated carbocycles. The summed E-state index contributed by atoms with van der Waals surface area (Å²) in [5.41, 5.74) is 11.7. The zero-order valence-corrected chi connectivity index (χ0v) is 32.7. The van der Waals surface area contributed by atoms with Crippen molar-refractivity contribution in [3.63, 3.8) is 0 Å². The van der Waals surface area contributed by atoms with Crippen LogP contribution < -0.4 is 9.80 Å². The predicted molar refractivity (Wildman–Crippen MR) is 253 cm³/mol. The Morgan fingerprint density at radius 3 is 1.07 bits per heavy atom. The smallest absolute Gasteiger partial charge is 0.136 e. The molecule has 0 amide bonds. The molecule has 5 heteroatoms. The quantitative estimate of drug-likeness (QED) is 0.168. The van der Waals surface area contributed by atoms with Gasteiger partial charge in [0.15, 0.2) is 0 Å². The molecule has 3 aromatic heterocycles. The van der Waals surface area contributed by atoms with Crippen molar-refractivity contribution in [3.8, 4) is 0 Å². The van der Waals surface area contributed by atoms with E-state index in [1.54, 1.807) is 0 Å². The Hall–Kier alpha value is -8.28. The lowest BCUT2D eigenvalue weighted by Crippen LogP contribution is -2.09. The first-order valence-corrected chi connectivity index (χ1v) is 20.6. The number of rotatable bonds is 6. The number of fused-ring (bicyclic) bond motifs is 13. The number of hydrogen-bond donors (Lipinski definition) is 0. The highest BCUT2D eigenvalue weighted by Gasteiger charge is 2.20. The molecule has 0 radical (unpaired) electrons. The molecule has 0 aliphatic rings. The summed E-state index contributed by atoms with van der Waals surface area (Å²) in [4.78, 5) is 4.64. The van der Waals surface area contributed by atoms with E-state index < -0.39 is 0 Å². The first kappa shape index (κ1) is 33.7. The average Bonchev–Trinajstić information content (AvgIpc) is 4.01. The SMILES string of the molecule is c1ccc(N(c2ccc3c(ccc4oc5ccc6cc(N(c7ccccc7)c7ccc8oc9ccccc9c8c7)ccc6c5c43)c2)c2ccc3oc4ccccc4c3c2)cc1. The molecule has 0 saturated heterocycles. The predicted octanol–water partition coefficient (Wildman–Crippen LogP) is 16.6. The van der Waals surface area contributed by atoms with Gasteiger partial charge in [-0.1, -0.05) is 97.1 Å². The number of furan rings is 3. The van der Waals surface area contributed by atoms with Gasteiger partial charge in [-0.3, -0.25) is 0 Å². The Morgan fingerprint density at radius 1 is 0.230 bits per heavy atom. The molecule has 0 N–H and O–H groups in total. The molecule has 0 atom stereocenters. The van der Waals surface area contributed by atoms with Crippen LogP contribution in [0, 0.1) is 0 Å². The van der Waals surface area contributed by atoms with Gasteiger partial charge >= 0.3 is 0 Å². The van der Waals surface area contributed by atoms with E-state index in [0.717, 1.165) is 121 Å². The van der Waals surface area contributed by atoms with E-state index in [1.165, 1.54) is 0 Å². The van der Waals surface area contributed by atoms with Crippen LogP contribution in [0.1, 0.15) is 0 Å². The maximum absolute atomic E-state index is 6.60. The Labute approximate surface area is 349 Å². The Kier molecular flexibility index (Phi) is 7.24. The fraction of sp³-hybridized carbons (Fsp3) is 0. The van der Waals surface area contributed by atoms with Gasteiger partial charge in [-0.2, -0.15) is 0 Å². The van der Waals surface area contributed by atoms with Gasteiger partial charge in [-0.15, -0.1) is 0 Å². The molecule has 0 fully saturated rings. The van der Waals surface area contributed by atoms with E-state index in [1.807, 2.05) is 24.3 Å². The van der Waals surface area contributed by atoms with Crippen LogP contribution in [0.15, 0.2) is 220 Å². The maximum Gasteiger partial charge on any atom is 0.136 e. The number of hydrogen-bond acceptors (Lipinski definition) is 5. The lowest BCUT2D eigenvalue weighted by molar-refractivity contribution is 0.668. The highest BCUT2D eigenvalue weighted by atomic mass is 16.3. The molecule has 0 bridgehead atoms. The summed E-state index contributed by atoms with van der Waals surface area (Å²) in [6, 6.07) is 72.6. The van der Waals surface area contributed by atoms with Crippen molar-refractivity contribution >= 4 is 121 Å². The third-order valence-corrected chi connectivity index (χ3v) is 12.2. The summed E-state index contributed by atoms with van der Waals surface area (Å²) in [5.74, 6) is 0. The third-order valence-electron chi connectivity index (χ3n) is 12.2. The molecule has 0 spiro atoms. The van der Waals surface area contributed by atoms with Crippen molar-refractivity contribution in [3.05, 3.63) is 206 Å². The van der Waals surface area contributed by atoms with Gasteiger partial charge in [0, 0.05) is 66.4 Å². The van der Waals surface area contributed by atoms with Crippen LogP contribution in [0.2, 0.25) is 0 Å². The number of anilines is 6. The topological polar surface area (TPSA) is 45.9 Å². The maximum atomic E-state index is 6.60. The molecule has 286 valence electrons. The average molecular weight is 783 g/mol. The van der Waals surface area contributed by atoms with Crippen LogP contribution in [-0.4, -0.2) is 0 Å². The molecule has 0 unspecified atom stereocenters. The third kappa shape index (κ3) is 5.27. The fourth-order valence-electron chi connectivity index (χ4n) is 9.43. The van der Waals surface area contributed by atoms with Crippen LogP contribution in [0.4, 0.5) is 34.1 Å². The lowest BCUT2D eigenvalue weighted by Gasteiger charge is -2.26. The molecular formula is C56H34N2O3. The monoisotopic (exact) mass is 782 g/mol. The molecule has 3 heterocycles. The van der Waals surface area contributed by atoms with Gasteiger partial charge in [0.2, 0.25) is 0 Å². The summed E-state index contributed by atoms with van der Waals surface area (Å²) in [6.07, 6.45) is 0. The van der Waals surface area contributed by atoms with Gasteiger partial charge in [0.1, 0.15) is 33.5 Å². The summed E-state index contributed by atoms with van der Waals surface area (Å²) in [7, 11) is 0. The number of nitrogens with zero attached hydrogens (tertiary/aromatic N) is 2. The van der Waals surface area contributed by atoms with Crippen LogP contribution in [0.5, 0.6) is 0 Å². The minimum Gasteiger partial charge on any atom is -0.456 e. The zero-order chi connectivity index (χ0) is 40.0. The van der Waals surface area contributed by atoms with E-state index in [-0.39, 0.29) is 0 Å². The fourth-order valence-corrected chi connectivity index (χ4v) is 9.43.